The molecule has 6 heteroatoms. The molecule has 6 nitrogen and oxygen atoms in total. The van der Waals surface area contributed by atoms with Gasteiger partial charge in [-0.2, -0.15) is 0 Å². The standard InChI is InChI=1S/C13H20O6/c1-17-11(15)4-7-2-3-10-13(19-7)5-8(14)12(16)9(6-13)18-10/h7-10,12,14,16H,2-6H2,1H3/t7?,8-,9-,10?,12?,13?/m1/s1. The third-order valence-corrected chi connectivity index (χ3v) is 4.58. The number of methoxy groups -OCH3 is 1. The van der Waals surface area contributed by atoms with Crippen molar-refractivity contribution in [2.45, 2.75) is 68.2 Å². The number of ether oxygens (including phenoxy) is 3. The van der Waals surface area contributed by atoms with E-state index >= 15 is 0 Å². The van der Waals surface area contributed by atoms with Crippen LogP contribution < -0.4 is 0 Å². The van der Waals surface area contributed by atoms with Gasteiger partial charge in [-0.3, -0.25) is 4.79 Å². The zero-order valence-electron chi connectivity index (χ0n) is 10.9. The van der Waals surface area contributed by atoms with Crippen molar-refractivity contribution >= 4 is 5.97 Å². The molecule has 2 bridgehead atoms. The second-order valence-corrected chi connectivity index (χ2v) is 5.79. The summed E-state index contributed by atoms with van der Waals surface area (Å²) in [7, 11) is 1.36. The first-order valence-electron chi connectivity index (χ1n) is 6.80. The highest BCUT2D eigenvalue weighted by molar-refractivity contribution is 5.69. The Morgan fingerprint density at radius 3 is 2.89 bits per heavy atom. The summed E-state index contributed by atoms with van der Waals surface area (Å²) < 4.78 is 16.5. The molecule has 2 saturated heterocycles. The predicted octanol–water partition coefficient (Wildman–Crippen LogP) is -0.250. The molecular formula is C13H20O6. The second kappa shape index (κ2) is 4.70. The summed E-state index contributed by atoms with van der Waals surface area (Å²) in [5.74, 6) is -0.285. The molecule has 19 heavy (non-hydrogen) atoms. The minimum Gasteiger partial charge on any atom is -0.469 e. The van der Waals surface area contributed by atoms with Crippen molar-refractivity contribution in [2.24, 2.45) is 0 Å². The van der Waals surface area contributed by atoms with Crippen molar-refractivity contribution in [1.29, 1.82) is 0 Å². The number of rotatable bonds is 2. The second-order valence-electron chi connectivity index (χ2n) is 5.79. The molecule has 0 radical (unpaired) electrons. The van der Waals surface area contributed by atoms with E-state index < -0.39 is 17.8 Å². The number of esters is 1. The molecule has 0 aromatic heterocycles. The van der Waals surface area contributed by atoms with Crippen LogP contribution in [-0.4, -0.2) is 59.4 Å². The first-order valence-corrected chi connectivity index (χ1v) is 6.80. The van der Waals surface area contributed by atoms with Crippen molar-refractivity contribution in [3.05, 3.63) is 0 Å². The van der Waals surface area contributed by atoms with Crippen LogP contribution in [0.2, 0.25) is 0 Å². The summed E-state index contributed by atoms with van der Waals surface area (Å²) in [5, 5.41) is 19.8. The van der Waals surface area contributed by atoms with Crippen LogP contribution in [0.1, 0.15) is 32.1 Å². The van der Waals surface area contributed by atoms with Gasteiger partial charge in [-0.05, 0) is 12.8 Å². The van der Waals surface area contributed by atoms with E-state index in [0.717, 1.165) is 12.8 Å². The molecular weight excluding hydrogens is 252 g/mol. The lowest BCUT2D eigenvalue weighted by molar-refractivity contribution is -0.184. The Kier molecular flexibility index (Phi) is 3.29. The maximum Gasteiger partial charge on any atom is 0.308 e. The largest absolute Gasteiger partial charge is 0.469 e. The molecule has 3 rings (SSSR count). The Bertz CT molecular complexity index is 372. The molecule has 2 N–H and O–H groups in total. The SMILES string of the molecule is COC(=O)CC1CCC2O[C@@H]3CC2(C[C@@H](O)C3O)O1. The van der Waals surface area contributed by atoms with Crippen LogP contribution in [0.5, 0.6) is 0 Å². The van der Waals surface area contributed by atoms with Gasteiger partial charge in [0.1, 0.15) is 6.10 Å². The Morgan fingerprint density at radius 2 is 2.16 bits per heavy atom. The zero-order chi connectivity index (χ0) is 13.6. The molecule has 108 valence electrons. The lowest BCUT2D eigenvalue weighted by atomic mass is 9.76. The van der Waals surface area contributed by atoms with Gasteiger partial charge < -0.3 is 24.4 Å². The van der Waals surface area contributed by atoms with Crippen molar-refractivity contribution in [3.63, 3.8) is 0 Å². The van der Waals surface area contributed by atoms with Crippen LogP contribution in [-0.2, 0) is 19.0 Å². The average Bonchev–Trinajstić information content (AvgIpc) is 2.70. The third-order valence-electron chi connectivity index (χ3n) is 4.58. The first kappa shape index (κ1) is 13.3. The van der Waals surface area contributed by atoms with Crippen LogP contribution in [0.15, 0.2) is 0 Å². The van der Waals surface area contributed by atoms with Crippen LogP contribution >= 0.6 is 0 Å². The average molecular weight is 272 g/mol. The van der Waals surface area contributed by atoms with Gasteiger partial charge in [-0.1, -0.05) is 0 Å². The molecule has 2 aliphatic heterocycles. The molecule has 4 unspecified atom stereocenters. The molecule has 1 spiro atoms. The zero-order valence-corrected chi connectivity index (χ0v) is 10.9. The Balaban J connectivity index is 1.73. The van der Waals surface area contributed by atoms with E-state index in [2.05, 4.69) is 4.74 Å². The smallest absolute Gasteiger partial charge is 0.308 e. The van der Waals surface area contributed by atoms with Crippen molar-refractivity contribution in [1.82, 2.24) is 0 Å². The van der Waals surface area contributed by atoms with E-state index in [1.165, 1.54) is 7.11 Å². The highest BCUT2D eigenvalue weighted by atomic mass is 16.6. The number of aliphatic hydroxyl groups excluding tert-OH is 2. The quantitative estimate of drug-likeness (QED) is 0.674. The highest BCUT2D eigenvalue weighted by Crippen LogP contribution is 2.49. The van der Waals surface area contributed by atoms with Gasteiger partial charge in [-0.25, -0.2) is 0 Å². The predicted molar refractivity (Wildman–Crippen MR) is 63.4 cm³/mol. The van der Waals surface area contributed by atoms with Crippen LogP contribution in [0, 0.1) is 0 Å². The number of fused-ring (bicyclic) bond motifs is 1. The summed E-state index contributed by atoms with van der Waals surface area (Å²) >= 11 is 0. The van der Waals surface area contributed by atoms with E-state index in [0.29, 0.717) is 12.8 Å². The summed E-state index contributed by atoms with van der Waals surface area (Å²) in [6.45, 7) is 0. The molecule has 3 aliphatic rings. The van der Waals surface area contributed by atoms with Crippen LogP contribution in [0.3, 0.4) is 0 Å². The molecule has 0 amide bonds. The van der Waals surface area contributed by atoms with E-state index in [1.807, 2.05) is 0 Å². The summed E-state index contributed by atoms with van der Waals surface area (Å²) in [6, 6.07) is 0. The van der Waals surface area contributed by atoms with E-state index in [9.17, 15) is 15.0 Å². The van der Waals surface area contributed by atoms with E-state index in [1.54, 1.807) is 0 Å². The minimum absolute atomic E-state index is 0.0850. The third kappa shape index (κ3) is 2.16. The summed E-state index contributed by atoms with van der Waals surface area (Å²) in [4.78, 5) is 11.3. The van der Waals surface area contributed by atoms with Gasteiger partial charge in [0.15, 0.2) is 0 Å². The lowest BCUT2D eigenvalue weighted by Crippen LogP contribution is -2.54. The summed E-state index contributed by atoms with van der Waals surface area (Å²) in [5.41, 5.74) is -0.541. The molecule has 2 heterocycles. The number of aliphatic hydroxyl groups is 2. The number of hydrogen-bond donors (Lipinski definition) is 2. The topological polar surface area (TPSA) is 85.2 Å². The van der Waals surface area contributed by atoms with Crippen molar-refractivity contribution in [3.8, 4) is 0 Å². The molecule has 3 fully saturated rings. The Hall–Kier alpha value is -0.690. The number of carbonyl (C=O) groups excluding carboxylic acids is 1. The van der Waals surface area contributed by atoms with Crippen molar-refractivity contribution < 1.29 is 29.2 Å². The summed E-state index contributed by atoms with van der Waals surface area (Å²) in [6.07, 6.45) is 0.434. The fraction of sp³-hybridized carbons (Fsp3) is 0.923. The van der Waals surface area contributed by atoms with Gasteiger partial charge in [-0.15, -0.1) is 0 Å². The fourth-order valence-corrected chi connectivity index (χ4v) is 3.64. The Morgan fingerprint density at radius 1 is 1.37 bits per heavy atom. The number of carbonyl (C=O) groups is 1. The van der Waals surface area contributed by atoms with Gasteiger partial charge in [0.05, 0.1) is 43.5 Å². The maximum absolute atomic E-state index is 11.3. The monoisotopic (exact) mass is 272 g/mol. The molecule has 0 aromatic carbocycles. The highest BCUT2D eigenvalue weighted by Gasteiger charge is 2.59. The van der Waals surface area contributed by atoms with E-state index in [-0.39, 0.29) is 30.7 Å². The molecule has 6 atom stereocenters. The van der Waals surface area contributed by atoms with Gasteiger partial charge >= 0.3 is 5.97 Å². The maximum atomic E-state index is 11.3. The fourth-order valence-electron chi connectivity index (χ4n) is 3.64. The molecule has 1 saturated carbocycles. The number of hydrogen-bond acceptors (Lipinski definition) is 6. The van der Waals surface area contributed by atoms with Crippen LogP contribution in [0.25, 0.3) is 0 Å². The van der Waals surface area contributed by atoms with Gasteiger partial charge in [0, 0.05) is 12.8 Å². The molecule has 1 aliphatic carbocycles. The first-order chi connectivity index (χ1) is 9.04. The molecule has 0 aromatic rings. The van der Waals surface area contributed by atoms with Crippen molar-refractivity contribution in [2.75, 3.05) is 7.11 Å². The van der Waals surface area contributed by atoms with E-state index in [4.69, 9.17) is 9.47 Å². The van der Waals surface area contributed by atoms with Gasteiger partial charge in [0.2, 0.25) is 0 Å². The Labute approximate surface area is 111 Å². The van der Waals surface area contributed by atoms with Gasteiger partial charge in [0.25, 0.3) is 0 Å². The minimum atomic E-state index is -0.834. The lowest BCUT2D eigenvalue weighted by Gasteiger charge is -2.44. The normalized spacial score (nSPS) is 48.7. The van der Waals surface area contributed by atoms with Crippen LogP contribution in [0.4, 0.5) is 0 Å².